The third-order valence-corrected chi connectivity index (χ3v) is 5.10. The number of carbonyl (C=O) groups excluding carboxylic acids is 1. The van der Waals surface area contributed by atoms with Gasteiger partial charge in [0.05, 0.1) is 5.69 Å². The number of halogens is 1. The first-order valence-electron chi connectivity index (χ1n) is 8.88. The van der Waals surface area contributed by atoms with Crippen LogP contribution in [0.1, 0.15) is 22.7 Å². The lowest BCUT2D eigenvalue weighted by atomic mass is 9.99. The molecule has 0 bridgehead atoms. The van der Waals surface area contributed by atoms with E-state index in [0.29, 0.717) is 5.84 Å². The molecule has 0 saturated carbocycles. The summed E-state index contributed by atoms with van der Waals surface area (Å²) in [7, 11) is 0. The summed E-state index contributed by atoms with van der Waals surface area (Å²) in [4.78, 5) is 19.8. The van der Waals surface area contributed by atoms with E-state index in [9.17, 15) is 4.79 Å². The normalized spacial score (nSPS) is 19.7. The SMILES string of the molecule is Cc1ccc(N2C(=O)[C@H](Cl)[C@H](c3ccccc3)N=C2c2ccccc2)cc1. The maximum atomic E-state index is 13.3. The number of benzene rings is 3. The number of nitrogens with zero attached hydrogens (tertiary/aromatic N) is 2. The lowest BCUT2D eigenvalue weighted by Gasteiger charge is -2.34. The molecule has 27 heavy (non-hydrogen) atoms. The highest BCUT2D eigenvalue weighted by molar-refractivity contribution is 6.39. The molecule has 4 rings (SSSR count). The Bertz CT molecular complexity index is 968. The van der Waals surface area contributed by atoms with Crippen LogP contribution >= 0.6 is 11.6 Å². The molecule has 0 unspecified atom stereocenters. The Morgan fingerprint density at radius 3 is 2.07 bits per heavy atom. The van der Waals surface area contributed by atoms with Crippen molar-refractivity contribution in [1.82, 2.24) is 0 Å². The van der Waals surface area contributed by atoms with Gasteiger partial charge in [-0.1, -0.05) is 78.4 Å². The highest BCUT2D eigenvalue weighted by Gasteiger charge is 2.39. The van der Waals surface area contributed by atoms with Crippen LogP contribution in [0.5, 0.6) is 0 Å². The molecule has 0 spiro atoms. The molecule has 1 amide bonds. The quantitative estimate of drug-likeness (QED) is 0.584. The van der Waals surface area contributed by atoms with Crippen molar-refractivity contribution < 1.29 is 4.79 Å². The third kappa shape index (κ3) is 3.38. The number of carbonyl (C=O) groups is 1. The van der Waals surface area contributed by atoms with Crippen LogP contribution in [0, 0.1) is 6.92 Å². The zero-order chi connectivity index (χ0) is 18.8. The molecule has 3 nitrogen and oxygen atoms in total. The molecule has 4 heteroatoms. The van der Waals surface area contributed by atoms with E-state index < -0.39 is 11.4 Å². The average Bonchev–Trinajstić information content (AvgIpc) is 2.72. The number of rotatable bonds is 3. The van der Waals surface area contributed by atoms with Gasteiger partial charge in [0.15, 0.2) is 0 Å². The van der Waals surface area contributed by atoms with E-state index in [1.54, 1.807) is 4.90 Å². The summed E-state index contributed by atoms with van der Waals surface area (Å²) in [6, 6.07) is 26.9. The molecule has 0 aromatic heterocycles. The standard InChI is InChI=1S/C23H19ClN2O/c1-16-12-14-19(15-13-16)26-22(18-10-6-3-7-11-18)25-21(20(24)23(26)27)17-8-4-2-5-9-17/h2-15,20-21H,1H3/t20-,21+/m1/s1. The third-order valence-electron chi connectivity index (χ3n) is 4.67. The summed E-state index contributed by atoms with van der Waals surface area (Å²) in [5, 5.41) is -0.763. The summed E-state index contributed by atoms with van der Waals surface area (Å²) < 4.78 is 0. The first-order valence-corrected chi connectivity index (χ1v) is 9.31. The van der Waals surface area contributed by atoms with Crippen molar-refractivity contribution in [1.29, 1.82) is 0 Å². The smallest absolute Gasteiger partial charge is 0.253 e. The van der Waals surface area contributed by atoms with Crippen molar-refractivity contribution in [3.63, 3.8) is 0 Å². The molecule has 1 aliphatic rings. The number of amidine groups is 1. The maximum absolute atomic E-state index is 13.3. The summed E-state index contributed by atoms with van der Waals surface area (Å²) in [5.74, 6) is 0.457. The number of aliphatic imine (C=N–C) groups is 1. The van der Waals surface area contributed by atoms with Gasteiger partial charge < -0.3 is 0 Å². The first kappa shape index (κ1) is 17.5. The van der Waals surface area contributed by atoms with Crippen molar-refractivity contribution >= 4 is 29.0 Å². The van der Waals surface area contributed by atoms with E-state index in [0.717, 1.165) is 22.4 Å². The summed E-state index contributed by atoms with van der Waals surface area (Å²) in [6.07, 6.45) is 0. The number of hydrogen-bond donors (Lipinski definition) is 0. The summed E-state index contributed by atoms with van der Waals surface area (Å²) >= 11 is 6.60. The number of anilines is 1. The van der Waals surface area contributed by atoms with Crippen LogP contribution in [0.3, 0.4) is 0 Å². The second-order valence-electron chi connectivity index (χ2n) is 6.59. The average molecular weight is 375 g/mol. The molecular formula is C23H19ClN2O. The van der Waals surface area contributed by atoms with E-state index in [-0.39, 0.29) is 5.91 Å². The van der Waals surface area contributed by atoms with Crippen LogP contribution in [0.25, 0.3) is 0 Å². The summed E-state index contributed by atoms with van der Waals surface area (Å²) in [6.45, 7) is 2.02. The molecule has 0 aliphatic carbocycles. The molecule has 3 aromatic rings. The zero-order valence-electron chi connectivity index (χ0n) is 14.9. The Morgan fingerprint density at radius 1 is 0.852 bits per heavy atom. The van der Waals surface area contributed by atoms with E-state index in [2.05, 4.69) is 0 Å². The Labute approximate surface area is 163 Å². The fraction of sp³-hybridized carbons (Fsp3) is 0.130. The van der Waals surface area contributed by atoms with E-state index in [4.69, 9.17) is 16.6 Å². The second kappa shape index (κ2) is 7.37. The highest BCUT2D eigenvalue weighted by Crippen LogP contribution is 2.34. The van der Waals surface area contributed by atoms with Crippen LogP contribution < -0.4 is 4.90 Å². The molecular weight excluding hydrogens is 356 g/mol. The van der Waals surface area contributed by atoms with Crippen LogP contribution in [-0.4, -0.2) is 17.1 Å². The molecule has 1 aliphatic heterocycles. The Hall–Kier alpha value is -2.91. The van der Waals surface area contributed by atoms with Gasteiger partial charge in [0.1, 0.15) is 17.3 Å². The van der Waals surface area contributed by atoms with Gasteiger partial charge in [0.2, 0.25) is 0 Å². The van der Waals surface area contributed by atoms with Crippen molar-refractivity contribution in [2.45, 2.75) is 18.3 Å². The number of alkyl halides is 1. The fourth-order valence-electron chi connectivity index (χ4n) is 3.25. The Kier molecular flexibility index (Phi) is 4.78. The van der Waals surface area contributed by atoms with Gasteiger partial charge in [-0.2, -0.15) is 0 Å². The van der Waals surface area contributed by atoms with Gasteiger partial charge in [0.25, 0.3) is 5.91 Å². The van der Waals surface area contributed by atoms with Crippen molar-refractivity contribution in [2.24, 2.45) is 4.99 Å². The molecule has 2 atom stereocenters. The van der Waals surface area contributed by atoms with Crippen molar-refractivity contribution in [3.8, 4) is 0 Å². The van der Waals surface area contributed by atoms with Crippen molar-refractivity contribution in [3.05, 3.63) is 102 Å². The van der Waals surface area contributed by atoms with Gasteiger partial charge in [-0.25, -0.2) is 0 Å². The molecule has 134 valence electrons. The van der Waals surface area contributed by atoms with Gasteiger partial charge >= 0.3 is 0 Å². The van der Waals surface area contributed by atoms with E-state index in [1.807, 2.05) is 91.9 Å². The van der Waals surface area contributed by atoms with Crippen LogP contribution in [-0.2, 0) is 4.79 Å². The molecule has 0 N–H and O–H groups in total. The molecule has 1 heterocycles. The predicted octanol–water partition coefficient (Wildman–Crippen LogP) is 5.14. The largest absolute Gasteiger partial charge is 0.272 e. The van der Waals surface area contributed by atoms with Gasteiger partial charge in [-0.15, -0.1) is 11.6 Å². The number of hydrogen-bond acceptors (Lipinski definition) is 2. The molecule has 3 aromatic carbocycles. The Morgan fingerprint density at radius 2 is 1.44 bits per heavy atom. The lowest BCUT2D eigenvalue weighted by Crippen LogP contribution is -2.48. The summed E-state index contributed by atoms with van der Waals surface area (Å²) in [5.41, 5.74) is 3.72. The van der Waals surface area contributed by atoms with Crippen LogP contribution in [0.15, 0.2) is 89.9 Å². The monoisotopic (exact) mass is 374 g/mol. The van der Waals surface area contributed by atoms with Gasteiger partial charge in [0, 0.05) is 5.56 Å². The fourth-order valence-corrected chi connectivity index (χ4v) is 3.55. The predicted molar refractivity (Wildman–Crippen MR) is 110 cm³/mol. The van der Waals surface area contributed by atoms with Gasteiger partial charge in [-0.3, -0.25) is 14.7 Å². The molecule has 0 radical (unpaired) electrons. The second-order valence-corrected chi connectivity index (χ2v) is 7.06. The minimum atomic E-state index is -0.763. The minimum Gasteiger partial charge on any atom is -0.272 e. The zero-order valence-corrected chi connectivity index (χ0v) is 15.7. The maximum Gasteiger partial charge on any atom is 0.253 e. The molecule has 0 fully saturated rings. The van der Waals surface area contributed by atoms with Gasteiger partial charge in [-0.05, 0) is 24.6 Å². The Balaban J connectivity index is 1.87. The highest BCUT2D eigenvalue weighted by atomic mass is 35.5. The number of aryl methyl sites for hydroxylation is 1. The van der Waals surface area contributed by atoms with Crippen molar-refractivity contribution in [2.75, 3.05) is 4.90 Å². The number of amides is 1. The van der Waals surface area contributed by atoms with Crippen LogP contribution in [0.2, 0.25) is 0 Å². The van der Waals surface area contributed by atoms with Crippen LogP contribution in [0.4, 0.5) is 5.69 Å². The van der Waals surface area contributed by atoms with E-state index >= 15 is 0 Å². The van der Waals surface area contributed by atoms with E-state index in [1.165, 1.54) is 0 Å². The topological polar surface area (TPSA) is 32.7 Å². The first-order chi connectivity index (χ1) is 13.1. The lowest BCUT2D eigenvalue weighted by molar-refractivity contribution is -0.118. The molecule has 0 saturated heterocycles. The minimum absolute atomic E-state index is 0.164.